The second kappa shape index (κ2) is 5.56. The number of fused-ring (bicyclic) bond motifs is 1. The molecule has 3 aromatic rings. The van der Waals surface area contributed by atoms with Gasteiger partial charge in [0.1, 0.15) is 5.76 Å². The molecule has 1 aromatic carbocycles. The number of halogens is 1. The van der Waals surface area contributed by atoms with Gasteiger partial charge in [-0.15, -0.1) is 0 Å². The molecule has 22 heavy (non-hydrogen) atoms. The molecule has 1 fully saturated rings. The predicted molar refractivity (Wildman–Crippen MR) is 89.8 cm³/mol. The molecule has 1 atom stereocenters. The summed E-state index contributed by atoms with van der Waals surface area (Å²) < 4.78 is 8.73. The van der Waals surface area contributed by atoms with Gasteiger partial charge < -0.3 is 9.09 Å². The van der Waals surface area contributed by atoms with E-state index in [9.17, 15) is 0 Å². The number of aromatic nitrogens is 2. The molecule has 1 aliphatic rings. The fourth-order valence-corrected chi connectivity index (χ4v) is 3.73. The second-order valence-electron chi connectivity index (χ2n) is 6.03. The molecule has 0 N–H and O–H groups in total. The van der Waals surface area contributed by atoms with Crippen LogP contribution in [0, 0.1) is 0 Å². The highest BCUT2D eigenvalue weighted by Crippen LogP contribution is 2.29. The maximum Gasteiger partial charge on any atom is 0.141 e. The van der Waals surface area contributed by atoms with Crippen molar-refractivity contribution in [3.05, 3.63) is 52.5 Å². The van der Waals surface area contributed by atoms with Gasteiger partial charge in [0.05, 0.1) is 6.20 Å². The third-order valence-corrected chi connectivity index (χ3v) is 5.12. The van der Waals surface area contributed by atoms with E-state index < -0.39 is 0 Å². The lowest BCUT2D eigenvalue weighted by molar-refractivity contribution is 0.306. The smallest absolute Gasteiger partial charge is 0.141 e. The van der Waals surface area contributed by atoms with Crippen LogP contribution in [0.5, 0.6) is 0 Å². The van der Waals surface area contributed by atoms with Crippen molar-refractivity contribution in [3.63, 3.8) is 0 Å². The van der Waals surface area contributed by atoms with Crippen LogP contribution in [0.3, 0.4) is 0 Å². The summed E-state index contributed by atoms with van der Waals surface area (Å²) in [6.07, 6.45) is 2.88. The molecule has 0 radical (unpaired) electrons. The van der Waals surface area contributed by atoms with E-state index in [1.165, 1.54) is 16.6 Å². The molecule has 0 saturated carbocycles. The zero-order valence-electron chi connectivity index (χ0n) is 12.5. The van der Waals surface area contributed by atoms with Crippen LogP contribution in [0.15, 0.2) is 45.5 Å². The van der Waals surface area contributed by atoms with Crippen LogP contribution in [0.25, 0.3) is 10.9 Å². The van der Waals surface area contributed by atoms with Crippen molar-refractivity contribution in [3.8, 4) is 0 Å². The van der Waals surface area contributed by atoms with Crippen molar-refractivity contribution >= 4 is 26.8 Å². The van der Waals surface area contributed by atoms with Gasteiger partial charge in [0.2, 0.25) is 0 Å². The second-order valence-corrected chi connectivity index (χ2v) is 6.95. The Labute approximate surface area is 137 Å². The Morgan fingerprint density at radius 1 is 1.32 bits per heavy atom. The lowest BCUT2D eigenvalue weighted by Gasteiger charge is -2.16. The first kappa shape index (κ1) is 14.0. The fourth-order valence-electron chi connectivity index (χ4n) is 3.39. The molecular formula is C17H18BrN3O. The number of nitrogens with zero attached hydrogens (tertiary/aromatic N) is 3. The van der Waals surface area contributed by atoms with Gasteiger partial charge >= 0.3 is 0 Å². The molecule has 4 nitrogen and oxygen atoms in total. The van der Waals surface area contributed by atoms with Crippen LogP contribution < -0.4 is 0 Å². The minimum Gasteiger partial charge on any atom is -0.361 e. The highest BCUT2D eigenvalue weighted by molar-refractivity contribution is 9.10. The lowest BCUT2D eigenvalue weighted by atomic mass is 10.1. The molecule has 1 saturated heterocycles. The van der Waals surface area contributed by atoms with Gasteiger partial charge in [-0.25, -0.2) is 0 Å². The van der Waals surface area contributed by atoms with Gasteiger partial charge in [0.15, 0.2) is 0 Å². The summed E-state index contributed by atoms with van der Waals surface area (Å²) in [4.78, 5) is 2.50. The third-order valence-electron chi connectivity index (χ3n) is 4.62. The maximum absolute atomic E-state index is 5.31. The molecular weight excluding hydrogens is 342 g/mol. The molecule has 0 bridgehead atoms. The molecule has 0 amide bonds. The maximum atomic E-state index is 5.31. The van der Waals surface area contributed by atoms with E-state index >= 15 is 0 Å². The molecule has 0 spiro atoms. The van der Waals surface area contributed by atoms with E-state index in [1.54, 1.807) is 6.20 Å². The number of hydrogen-bond acceptors (Lipinski definition) is 3. The van der Waals surface area contributed by atoms with Crippen LogP contribution >= 0.6 is 15.9 Å². The first-order chi connectivity index (χ1) is 10.7. The van der Waals surface area contributed by atoms with Gasteiger partial charge in [-0.05, 0) is 36.6 Å². The van der Waals surface area contributed by atoms with Gasteiger partial charge in [0, 0.05) is 47.8 Å². The lowest BCUT2D eigenvalue weighted by Crippen LogP contribution is -2.21. The Balaban J connectivity index is 1.53. The molecule has 0 aliphatic carbocycles. The summed E-state index contributed by atoms with van der Waals surface area (Å²) in [5.41, 5.74) is 2.63. The summed E-state index contributed by atoms with van der Waals surface area (Å²) >= 11 is 3.55. The molecule has 114 valence electrons. The van der Waals surface area contributed by atoms with Crippen molar-refractivity contribution in [2.24, 2.45) is 7.05 Å². The number of aryl methyl sites for hydroxylation is 1. The standard InChI is InChI=1S/C17H18BrN3O/c1-20-15(8-12-2-3-14(18)9-16(12)20)11-21-7-5-13(10-21)17-4-6-19-22-17/h2-4,6,8-9,13H,5,7,10-11H2,1H3. The monoisotopic (exact) mass is 359 g/mol. The molecule has 1 aliphatic heterocycles. The molecule has 5 heteroatoms. The fraction of sp³-hybridized carbons (Fsp3) is 0.353. The molecule has 2 aromatic heterocycles. The first-order valence-electron chi connectivity index (χ1n) is 7.57. The van der Waals surface area contributed by atoms with E-state index in [0.29, 0.717) is 5.92 Å². The van der Waals surface area contributed by atoms with E-state index in [0.717, 1.165) is 36.3 Å². The van der Waals surface area contributed by atoms with Crippen LogP contribution in [0.1, 0.15) is 23.8 Å². The zero-order valence-corrected chi connectivity index (χ0v) is 14.1. The Bertz CT molecular complexity index is 794. The van der Waals surface area contributed by atoms with Crippen LogP contribution in [0.2, 0.25) is 0 Å². The molecule has 1 unspecified atom stereocenters. The van der Waals surface area contributed by atoms with Crippen molar-refractivity contribution in [2.45, 2.75) is 18.9 Å². The average Bonchev–Trinajstić information content (AvgIpc) is 3.22. The molecule has 3 heterocycles. The SMILES string of the molecule is Cn1c(CN2CCC(c3ccno3)C2)cc2ccc(Br)cc21. The average molecular weight is 360 g/mol. The third kappa shape index (κ3) is 2.48. The normalized spacial score (nSPS) is 19.3. The van der Waals surface area contributed by atoms with E-state index in [1.807, 2.05) is 6.07 Å². The summed E-state index contributed by atoms with van der Waals surface area (Å²) in [6.45, 7) is 3.13. The number of hydrogen-bond donors (Lipinski definition) is 0. The summed E-state index contributed by atoms with van der Waals surface area (Å²) in [7, 11) is 2.15. The predicted octanol–water partition coefficient (Wildman–Crippen LogP) is 3.92. The van der Waals surface area contributed by atoms with Gasteiger partial charge in [0.25, 0.3) is 0 Å². The topological polar surface area (TPSA) is 34.2 Å². The zero-order chi connectivity index (χ0) is 15.1. The van der Waals surface area contributed by atoms with E-state index in [2.05, 4.69) is 61.9 Å². The highest BCUT2D eigenvalue weighted by atomic mass is 79.9. The Morgan fingerprint density at radius 3 is 3.05 bits per heavy atom. The minimum absolute atomic E-state index is 0.478. The summed E-state index contributed by atoms with van der Waals surface area (Å²) in [6, 6.07) is 10.7. The first-order valence-corrected chi connectivity index (χ1v) is 8.37. The van der Waals surface area contributed by atoms with Crippen molar-refractivity contribution in [2.75, 3.05) is 13.1 Å². The largest absolute Gasteiger partial charge is 0.361 e. The van der Waals surface area contributed by atoms with Crippen LogP contribution in [-0.4, -0.2) is 27.7 Å². The Hall–Kier alpha value is -1.59. The van der Waals surface area contributed by atoms with Crippen molar-refractivity contribution in [1.29, 1.82) is 0 Å². The number of likely N-dealkylation sites (tertiary alicyclic amines) is 1. The van der Waals surface area contributed by atoms with Crippen molar-refractivity contribution < 1.29 is 4.52 Å². The van der Waals surface area contributed by atoms with E-state index in [-0.39, 0.29) is 0 Å². The van der Waals surface area contributed by atoms with Gasteiger partial charge in [-0.2, -0.15) is 0 Å². The molecule has 4 rings (SSSR count). The van der Waals surface area contributed by atoms with Crippen LogP contribution in [0.4, 0.5) is 0 Å². The quantitative estimate of drug-likeness (QED) is 0.710. The van der Waals surface area contributed by atoms with Gasteiger partial charge in [-0.3, -0.25) is 4.90 Å². The number of rotatable bonds is 3. The van der Waals surface area contributed by atoms with Crippen LogP contribution in [-0.2, 0) is 13.6 Å². The van der Waals surface area contributed by atoms with E-state index in [4.69, 9.17) is 4.52 Å². The summed E-state index contributed by atoms with van der Waals surface area (Å²) in [5.74, 6) is 1.50. The highest BCUT2D eigenvalue weighted by Gasteiger charge is 2.26. The Kier molecular flexibility index (Phi) is 3.54. The Morgan fingerprint density at radius 2 is 2.23 bits per heavy atom. The van der Waals surface area contributed by atoms with Gasteiger partial charge in [-0.1, -0.05) is 27.2 Å². The number of benzene rings is 1. The van der Waals surface area contributed by atoms with Crippen molar-refractivity contribution in [1.82, 2.24) is 14.6 Å². The minimum atomic E-state index is 0.478. The summed E-state index contributed by atoms with van der Waals surface area (Å²) in [5, 5.41) is 5.12.